The molecule has 0 spiro atoms. The highest BCUT2D eigenvalue weighted by molar-refractivity contribution is 7.89. The minimum atomic E-state index is -3.57. The van der Waals surface area contributed by atoms with Crippen LogP contribution in [0.1, 0.15) is 69.7 Å². The van der Waals surface area contributed by atoms with E-state index in [1.807, 2.05) is 0 Å². The number of carbonyl (C=O) groups excluding carboxylic acids is 2. The van der Waals surface area contributed by atoms with Crippen molar-refractivity contribution in [1.82, 2.24) is 9.62 Å². The number of esters is 1. The molecule has 3 rings (SSSR count). The van der Waals surface area contributed by atoms with Crippen LogP contribution in [0, 0.1) is 11.8 Å². The number of amides is 1. The number of ether oxygens (including phenoxy) is 1. The maximum Gasteiger partial charge on any atom is 0.338 e. The molecule has 1 aliphatic carbocycles. The molecule has 1 saturated carbocycles. The Hall–Kier alpha value is -1.93. The summed E-state index contributed by atoms with van der Waals surface area (Å²) in [5.41, 5.74) is 0.219. The van der Waals surface area contributed by atoms with Crippen molar-refractivity contribution in [3.8, 4) is 0 Å². The molecule has 2 fully saturated rings. The van der Waals surface area contributed by atoms with E-state index >= 15 is 0 Å². The summed E-state index contributed by atoms with van der Waals surface area (Å²) in [6.07, 6.45) is 5.09. The standard InChI is InChI=1S/C23H34N2O5S/c1-16-12-14-25(15-13-16)31(28,29)20-10-8-19(9-11-20)23(27)30-18(3)22(26)24-21-7-5-4-6-17(21)2/h8-11,16-18,21H,4-7,12-15H2,1-3H3,(H,24,26)/t17-,18+,21+/m0/s1. The smallest absolute Gasteiger partial charge is 0.338 e. The van der Waals surface area contributed by atoms with Gasteiger partial charge in [-0.3, -0.25) is 4.79 Å². The SMILES string of the molecule is CC1CCN(S(=O)(=O)c2ccc(C(=O)O[C@H](C)C(=O)N[C@@H]3CCCC[C@@H]3C)cc2)CC1. The zero-order valence-electron chi connectivity index (χ0n) is 18.7. The highest BCUT2D eigenvalue weighted by atomic mass is 32.2. The van der Waals surface area contributed by atoms with Crippen LogP contribution < -0.4 is 5.32 Å². The second kappa shape index (κ2) is 10.1. The molecule has 1 N–H and O–H groups in total. The monoisotopic (exact) mass is 450 g/mol. The number of rotatable bonds is 6. The van der Waals surface area contributed by atoms with E-state index in [2.05, 4.69) is 19.2 Å². The molecular formula is C23H34N2O5S. The Bertz CT molecular complexity index is 876. The highest BCUT2D eigenvalue weighted by Crippen LogP contribution is 2.25. The lowest BCUT2D eigenvalue weighted by molar-refractivity contribution is -0.130. The third-order valence-corrected chi connectivity index (χ3v) is 8.48. The number of hydrogen-bond donors (Lipinski definition) is 1. The molecule has 2 aliphatic rings. The molecule has 31 heavy (non-hydrogen) atoms. The maximum atomic E-state index is 12.8. The molecule has 172 valence electrons. The highest BCUT2D eigenvalue weighted by Gasteiger charge is 2.29. The van der Waals surface area contributed by atoms with Gasteiger partial charge in [0.2, 0.25) is 10.0 Å². The van der Waals surface area contributed by atoms with Crippen molar-refractivity contribution >= 4 is 21.9 Å². The predicted molar refractivity (Wildman–Crippen MR) is 118 cm³/mol. The molecule has 8 heteroatoms. The second-order valence-electron chi connectivity index (χ2n) is 9.04. The topological polar surface area (TPSA) is 92.8 Å². The summed E-state index contributed by atoms with van der Waals surface area (Å²) in [7, 11) is -3.57. The van der Waals surface area contributed by atoms with Crippen LogP contribution in [0.15, 0.2) is 29.2 Å². The Labute approximate surface area is 185 Å². The molecule has 7 nitrogen and oxygen atoms in total. The van der Waals surface area contributed by atoms with Crippen molar-refractivity contribution in [1.29, 1.82) is 0 Å². The van der Waals surface area contributed by atoms with Crippen LogP contribution in [0.25, 0.3) is 0 Å². The number of hydrogen-bond acceptors (Lipinski definition) is 5. The van der Waals surface area contributed by atoms with Gasteiger partial charge >= 0.3 is 5.97 Å². The first-order chi connectivity index (χ1) is 14.7. The molecule has 3 atom stereocenters. The molecule has 0 radical (unpaired) electrons. The minimum Gasteiger partial charge on any atom is -0.449 e. The average molecular weight is 451 g/mol. The molecule has 1 saturated heterocycles. The van der Waals surface area contributed by atoms with E-state index in [4.69, 9.17) is 4.74 Å². The lowest BCUT2D eigenvalue weighted by Crippen LogP contribution is -2.46. The van der Waals surface area contributed by atoms with Gasteiger partial charge in [-0.2, -0.15) is 4.31 Å². The lowest BCUT2D eigenvalue weighted by atomic mass is 9.86. The van der Waals surface area contributed by atoms with E-state index in [1.165, 1.54) is 35.0 Å². The van der Waals surface area contributed by atoms with Gasteiger partial charge in [-0.1, -0.05) is 26.7 Å². The zero-order chi connectivity index (χ0) is 22.6. The Morgan fingerprint density at radius 3 is 2.26 bits per heavy atom. The molecule has 1 aromatic rings. The molecule has 1 heterocycles. The van der Waals surface area contributed by atoms with E-state index in [9.17, 15) is 18.0 Å². The van der Waals surface area contributed by atoms with Crippen molar-refractivity contribution in [2.75, 3.05) is 13.1 Å². The molecule has 1 aromatic carbocycles. The Morgan fingerprint density at radius 2 is 1.65 bits per heavy atom. The maximum absolute atomic E-state index is 12.8. The number of sulfonamides is 1. The number of nitrogens with one attached hydrogen (secondary N) is 1. The van der Waals surface area contributed by atoms with Gasteiger partial charge in [-0.05, 0) is 68.7 Å². The van der Waals surface area contributed by atoms with Crippen LogP contribution in [0.2, 0.25) is 0 Å². The van der Waals surface area contributed by atoms with Crippen molar-refractivity contribution in [2.24, 2.45) is 11.8 Å². The summed E-state index contributed by atoms with van der Waals surface area (Å²) in [6, 6.07) is 5.85. The van der Waals surface area contributed by atoms with E-state index in [-0.39, 0.29) is 22.4 Å². The summed E-state index contributed by atoms with van der Waals surface area (Å²) in [5, 5.41) is 2.99. The van der Waals surface area contributed by atoms with Crippen LogP contribution in [0.4, 0.5) is 0 Å². The van der Waals surface area contributed by atoms with Crippen molar-refractivity contribution in [2.45, 2.75) is 76.3 Å². The number of carbonyl (C=O) groups is 2. The summed E-state index contributed by atoms with van der Waals surface area (Å²) < 4.78 is 32.4. The van der Waals surface area contributed by atoms with Gasteiger partial charge in [0, 0.05) is 19.1 Å². The van der Waals surface area contributed by atoms with Gasteiger partial charge in [0.15, 0.2) is 6.10 Å². The molecular weight excluding hydrogens is 416 g/mol. The fraction of sp³-hybridized carbons (Fsp3) is 0.652. The Morgan fingerprint density at radius 1 is 1.03 bits per heavy atom. The summed E-state index contributed by atoms with van der Waals surface area (Å²) in [5.74, 6) is 0.00281. The van der Waals surface area contributed by atoms with Crippen molar-refractivity contribution in [3.05, 3.63) is 29.8 Å². The Balaban J connectivity index is 1.57. The quantitative estimate of drug-likeness (QED) is 0.671. The second-order valence-corrected chi connectivity index (χ2v) is 11.0. The van der Waals surface area contributed by atoms with Gasteiger partial charge in [0.05, 0.1) is 10.5 Å². The van der Waals surface area contributed by atoms with Crippen LogP contribution in [-0.2, 0) is 19.6 Å². The third kappa shape index (κ3) is 5.86. The van der Waals surface area contributed by atoms with Gasteiger partial charge in [0.1, 0.15) is 0 Å². The summed E-state index contributed by atoms with van der Waals surface area (Å²) in [4.78, 5) is 25.0. The van der Waals surface area contributed by atoms with Crippen molar-refractivity contribution in [3.63, 3.8) is 0 Å². The number of piperidine rings is 1. The van der Waals surface area contributed by atoms with Crippen LogP contribution in [-0.4, -0.2) is 49.8 Å². The average Bonchev–Trinajstić information content (AvgIpc) is 2.75. The molecule has 1 aliphatic heterocycles. The predicted octanol–water partition coefficient (Wildman–Crippen LogP) is 3.35. The number of nitrogens with zero attached hydrogens (tertiary/aromatic N) is 1. The van der Waals surface area contributed by atoms with E-state index in [1.54, 1.807) is 6.92 Å². The number of benzene rings is 1. The molecule has 0 unspecified atom stereocenters. The normalized spacial score (nSPS) is 24.4. The minimum absolute atomic E-state index is 0.115. The van der Waals surface area contributed by atoms with E-state index < -0.39 is 22.1 Å². The van der Waals surface area contributed by atoms with Gasteiger partial charge in [-0.15, -0.1) is 0 Å². The third-order valence-electron chi connectivity index (χ3n) is 6.56. The first-order valence-corrected chi connectivity index (χ1v) is 12.7. The fourth-order valence-corrected chi connectivity index (χ4v) is 5.72. The summed E-state index contributed by atoms with van der Waals surface area (Å²) in [6.45, 7) is 6.83. The van der Waals surface area contributed by atoms with E-state index in [0.29, 0.717) is 24.9 Å². The van der Waals surface area contributed by atoms with Crippen LogP contribution in [0.5, 0.6) is 0 Å². The first kappa shape index (κ1) is 23.7. The first-order valence-electron chi connectivity index (χ1n) is 11.3. The fourth-order valence-electron chi connectivity index (χ4n) is 4.25. The van der Waals surface area contributed by atoms with Crippen molar-refractivity contribution < 1.29 is 22.7 Å². The van der Waals surface area contributed by atoms with E-state index in [0.717, 1.165) is 32.1 Å². The van der Waals surface area contributed by atoms with Gasteiger partial charge < -0.3 is 10.1 Å². The molecule has 0 bridgehead atoms. The lowest BCUT2D eigenvalue weighted by Gasteiger charge is -2.30. The molecule has 1 amide bonds. The van der Waals surface area contributed by atoms with Gasteiger partial charge in [-0.25, -0.2) is 13.2 Å². The van der Waals surface area contributed by atoms with Gasteiger partial charge in [0.25, 0.3) is 5.91 Å². The zero-order valence-corrected chi connectivity index (χ0v) is 19.5. The largest absolute Gasteiger partial charge is 0.449 e. The Kier molecular flexibility index (Phi) is 7.75. The van der Waals surface area contributed by atoms with Crippen LogP contribution in [0.3, 0.4) is 0 Å². The molecule has 0 aromatic heterocycles. The summed E-state index contributed by atoms with van der Waals surface area (Å²) >= 11 is 0. The van der Waals surface area contributed by atoms with Crippen LogP contribution >= 0.6 is 0 Å².